The molecule has 1 atom stereocenters. The Balaban J connectivity index is 1.51. The van der Waals surface area contributed by atoms with E-state index in [4.69, 9.17) is 16.7 Å². The van der Waals surface area contributed by atoms with Crippen molar-refractivity contribution in [1.29, 1.82) is 0 Å². The van der Waals surface area contributed by atoms with Crippen LogP contribution in [-0.4, -0.2) is 33.1 Å². The predicted octanol–water partition coefficient (Wildman–Crippen LogP) is 5.39. The minimum absolute atomic E-state index is 0.0838. The number of carboxylic acids is 1. The summed E-state index contributed by atoms with van der Waals surface area (Å²) in [6.07, 6.45) is -0.299. The molecule has 0 aliphatic heterocycles. The van der Waals surface area contributed by atoms with E-state index < -0.39 is 5.97 Å². The highest BCUT2D eigenvalue weighted by Gasteiger charge is 2.16. The number of carboxylic acid groups (broad SMARTS) is 1. The Labute approximate surface area is 198 Å². The molecule has 3 aromatic rings. The Hall–Kier alpha value is -2.88. The molecule has 1 heterocycles. The van der Waals surface area contributed by atoms with E-state index in [2.05, 4.69) is 15.6 Å². The summed E-state index contributed by atoms with van der Waals surface area (Å²) in [6, 6.07) is 14.3. The van der Waals surface area contributed by atoms with Crippen LogP contribution < -0.4 is 10.6 Å². The van der Waals surface area contributed by atoms with E-state index >= 15 is 0 Å². The Kier molecular flexibility index (Phi) is 8.26. The number of rotatable bonds is 9. The number of carbonyl (C=O) groups excluding carboxylic acids is 2. The lowest BCUT2D eigenvalue weighted by Crippen LogP contribution is -2.22. The predicted molar refractivity (Wildman–Crippen MR) is 128 cm³/mol. The Bertz CT molecular complexity index is 1100. The number of carbonyl (C=O) groups is 3. The van der Waals surface area contributed by atoms with E-state index in [0.717, 1.165) is 16.2 Å². The Morgan fingerprint density at radius 3 is 2.41 bits per heavy atom. The summed E-state index contributed by atoms with van der Waals surface area (Å²) in [5, 5.41) is 16.8. The smallest absolute Gasteiger partial charge is 0.303 e. The van der Waals surface area contributed by atoms with Gasteiger partial charge in [-0.1, -0.05) is 23.7 Å². The fourth-order valence-electron chi connectivity index (χ4n) is 2.61. The van der Waals surface area contributed by atoms with E-state index in [1.165, 1.54) is 23.1 Å². The first-order valence-electron chi connectivity index (χ1n) is 9.61. The van der Waals surface area contributed by atoms with Crippen molar-refractivity contribution in [2.24, 2.45) is 0 Å². The average molecular weight is 490 g/mol. The third-order valence-electron chi connectivity index (χ3n) is 4.26. The lowest BCUT2D eigenvalue weighted by atomic mass is 10.2. The molecule has 0 bridgehead atoms. The molecular formula is C22H20ClN3O4S2. The first kappa shape index (κ1) is 23.8. The van der Waals surface area contributed by atoms with Gasteiger partial charge in [-0.2, -0.15) is 0 Å². The van der Waals surface area contributed by atoms with Crippen molar-refractivity contribution in [2.75, 3.05) is 10.6 Å². The largest absolute Gasteiger partial charge is 0.481 e. The molecule has 1 aromatic heterocycles. The van der Waals surface area contributed by atoms with Gasteiger partial charge in [0.2, 0.25) is 11.8 Å². The van der Waals surface area contributed by atoms with Crippen LogP contribution in [0.2, 0.25) is 5.02 Å². The first-order chi connectivity index (χ1) is 15.3. The molecule has 0 radical (unpaired) electrons. The zero-order valence-electron chi connectivity index (χ0n) is 17.0. The van der Waals surface area contributed by atoms with E-state index in [1.54, 1.807) is 43.3 Å². The molecule has 2 aromatic carbocycles. The standard InChI is InChI=1S/C22H20ClN3O4S2/c1-13(32-17-8-6-16(7-9-17)24-19(27)10-11-20(28)29)21(30)26-22-25-18(12-31-22)14-2-4-15(23)5-3-14/h2-9,12-13H,10-11H2,1H3,(H,24,27)(H,28,29)(H,25,26,30). The Morgan fingerprint density at radius 2 is 1.75 bits per heavy atom. The molecule has 0 saturated heterocycles. The normalized spacial score (nSPS) is 11.6. The fourth-order valence-corrected chi connectivity index (χ4v) is 4.33. The number of thioether (sulfide) groups is 1. The summed E-state index contributed by atoms with van der Waals surface area (Å²) in [4.78, 5) is 40.1. The molecule has 32 heavy (non-hydrogen) atoms. The quantitative estimate of drug-likeness (QED) is 0.348. The van der Waals surface area contributed by atoms with Crippen LogP contribution in [0.5, 0.6) is 0 Å². The number of benzene rings is 2. The zero-order valence-corrected chi connectivity index (χ0v) is 19.4. The van der Waals surface area contributed by atoms with Gasteiger partial charge in [0.1, 0.15) is 0 Å². The topological polar surface area (TPSA) is 108 Å². The highest BCUT2D eigenvalue weighted by molar-refractivity contribution is 8.00. The van der Waals surface area contributed by atoms with Gasteiger partial charge in [0, 0.05) is 33.0 Å². The lowest BCUT2D eigenvalue weighted by Gasteiger charge is -2.11. The summed E-state index contributed by atoms with van der Waals surface area (Å²) < 4.78 is 0. The fraction of sp³-hybridized carbons (Fsp3) is 0.182. The summed E-state index contributed by atoms with van der Waals surface area (Å²) in [6.45, 7) is 1.80. The molecule has 0 aliphatic rings. The molecule has 3 rings (SSSR count). The van der Waals surface area contributed by atoms with Crippen LogP contribution in [-0.2, 0) is 14.4 Å². The van der Waals surface area contributed by atoms with E-state index in [9.17, 15) is 14.4 Å². The van der Waals surface area contributed by atoms with Crippen molar-refractivity contribution in [1.82, 2.24) is 4.98 Å². The first-order valence-corrected chi connectivity index (χ1v) is 11.7. The minimum atomic E-state index is -1.02. The van der Waals surface area contributed by atoms with Crippen molar-refractivity contribution in [2.45, 2.75) is 29.9 Å². The summed E-state index contributed by atoms with van der Waals surface area (Å²) >= 11 is 8.64. The van der Waals surface area contributed by atoms with Gasteiger partial charge in [-0.05, 0) is 43.3 Å². The highest BCUT2D eigenvalue weighted by Crippen LogP contribution is 2.28. The Morgan fingerprint density at radius 1 is 1.06 bits per heavy atom. The monoisotopic (exact) mass is 489 g/mol. The van der Waals surface area contributed by atoms with Crippen molar-refractivity contribution in [3.8, 4) is 11.3 Å². The van der Waals surface area contributed by atoms with Gasteiger partial charge in [0.25, 0.3) is 0 Å². The number of hydrogen-bond donors (Lipinski definition) is 3. The van der Waals surface area contributed by atoms with Gasteiger partial charge in [-0.25, -0.2) is 4.98 Å². The minimum Gasteiger partial charge on any atom is -0.481 e. The zero-order chi connectivity index (χ0) is 23.1. The van der Waals surface area contributed by atoms with Gasteiger partial charge >= 0.3 is 5.97 Å². The molecule has 0 saturated carbocycles. The molecule has 7 nitrogen and oxygen atoms in total. The number of amides is 2. The highest BCUT2D eigenvalue weighted by atomic mass is 35.5. The molecule has 10 heteroatoms. The summed E-state index contributed by atoms with van der Waals surface area (Å²) in [7, 11) is 0. The maximum Gasteiger partial charge on any atom is 0.303 e. The van der Waals surface area contributed by atoms with Crippen molar-refractivity contribution >= 4 is 63.3 Å². The van der Waals surface area contributed by atoms with Crippen LogP contribution in [0.3, 0.4) is 0 Å². The molecule has 3 N–H and O–H groups in total. The number of halogens is 1. The molecule has 0 spiro atoms. The number of aliphatic carboxylic acids is 1. The van der Waals surface area contributed by atoms with E-state index in [0.29, 0.717) is 15.8 Å². The third-order valence-corrected chi connectivity index (χ3v) is 6.38. The van der Waals surface area contributed by atoms with Gasteiger partial charge in [0.05, 0.1) is 17.4 Å². The van der Waals surface area contributed by atoms with Crippen LogP contribution in [0.15, 0.2) is 58.8 Å². The van der Waals surface area contributed by atoms with Crippen molar-refractivity contribution in [3.05, 3.63) is 58.9 Å². The summed E-state index contributed by atoms with van der Waals surface area (Å²) in [5.41, 5.74) is 2.26. The molecule has 1 unspecified atom stereocenters. The van der Waals surface area contributed by atoms with Crippen molar-refractivity contribution in [3.63, 3.8) is 0 Å². The number of anilines is 2. The number of nitrogens with zero attached hydrogens (tertiary/aromatic N) is 1. The number of nitrogens with one attached hydrogen (secondary N) is 2. The SMILES string of the molecule is CC(Sc1ccc(NC(=O)CCC(=O)O)cc1)C(=O)Nc1nc(-c2ccc(Cl)cc2)cs1. The van der Waals surface area contributed by atoms with E-state index in [-0.39, 0.29) is 29.9 Å². The van der Waals surface area contributed by atoms with Crippen LogP contribution in [0.1, 0.15) is 19.8 Å². The second kappa shape index (κ2) is 11.1. The van der Waals surface area contributed by atoms with Crippen molar-refractivity contribution < 1.29 is 19.5 Å². The second-order valence-electron chi connectivity index (χ2n) is 6.76. The van der Waals surface area contributed by atoms with Gasteiger partial charge in [-0.15, -0.1) is 23.1 Å². The van der Waals surface area contributed by atoms with Gasteiger partial charge in [-0.3, -0.25) is 14.4 Å². The lowest BCUT2D eigenvalue weighted by molar-refractivity contribution is -0.138. The maximum absolute atomic E-state index is 12.6. The number of aromatic nitrogens is 1. The molecule has 0 fully saturated rings. The van der Waals surface area contributed by atoms with Gasteiger partial charge in [0.15, 0.2) is 5.13 Å². The molecule has 166 valence electrons. The maximum atomic E-state index is 12.6. The average Bonchev–Trinajstić information content (AvgIpc) is 3.22. The van der Waals surface area contributed by atoms with Crippen LogP contribution in [0.25, 0.3) is 11.3 Å². The van der Waals surface area contributed by atoms with Crippen LogP contribution in [0.4, 0.5) is 10.8 Å². The summed E-state index contributed by atoms with van der Waals surface area (Å²) in [5.74, 6) is -1.54. The third kappa shape index (κ3) is 7.08. The second-order valence-corrected chi connectivity index (χ2v) is 9.47. The van der Waals surface area contributed by atoms with Crippen LogP contribution >= 0.6 is 34.7 Å². The molecule has 2 amide bonds. The molecule has 0 aliphatic carbocycles. The van der Waals surface area contributed by atoms with Gasteiger partial charge < -0.3 is 15.7 Å². The van der Waals surface area contributed by atoms with E-state index in [1.807, 2.05) is 17.5 Å². The number of hydrogen-bond acceptors (Lipinski definition) is 6. The van der Waals surface area contributed by atoms with Crippen LogP contribution in [0, 0.1) is 0 Å². The molecular weight excluding hydrogens is 470 g/mol. The number of thiazole rings is 1.